The lowest BCUT2D eigenvalue weighted by molar-refractivity contribution is 0.0648. The standard InChI is InChI=1S/C15H29N3O/c1-4-15(13-16)18-8-6-17(7-9-18)10-12-19-11-5-14(2)3/h14-15H,4-12H2,1-3H3. The lowest BCUT2D eigenvalue weighted by Gasteiger charge is -2.36. The van der Waals surface area contributed by atoms with Crippen LogP contribution < -0.4 is 0 Å². The van der Waals surface area contributed by atoms with E-state index in [0.29, 0.717) is 0 Å². The molecular weight excluding hydrogens is 238 g/mol. The van der Waals surface area contributed by atoms with Gasteiger partial charge in [0.2, 0.25) is 0 Å². The van der Waals surface area contributed by atoms with Crippen LogP contribution in [0.1, 0.15) is 33.6 Å². The SMILES string of the molecule is CCC(C#N)N1CCN(CCOCCC(C)C)CC1. The lowest BCUT2D eigenvalue weighted by atomic mass is 10.1. The molecule has 0 N–H and O–H groups in total. The number of rotatable bonds is 8. The first-order valence-electron chi connectivity index (χ1n) is 7.61. The van der Waals surface area contributed by atoms with Crippen molar-refractivity contribution < 1.29 is 4.74 Å². The fourth-order valence-electron chi connectivity index (χ4n) is 2.34. The summed E-state index contributed by atoms with van der Waals surface area (Å²) in [5.74, 6) is 0.723. The minimum atomic E-state index is 0.101. The van der Waals surface area contributed by atoms with Gasteiger partial charge in [-0.2, -0.15) is 5.26 Å². The molecule has 0 spiro atoms. The zero-order valence-corrected chi connectivity index (χ0v) is 12.8. The number of nitrogens with zero attached hydrogens (tertiary/aromatic N) is 3. The van der Waals surface area contributed by atoms with E-state index in [1.165, 1.54) is 0 Å². The summed E-state index contributed by atoms with van der Waals surface area (Å²) >= 11 is 0. The van der Waals surface area contributed by atoms with Gasteiger partial charge in [0.1, 0.15) is 0 Å². The van der Waals surface area contributed by atoms with Crippen LogP contribution in [-0.2, 0) is 4.74 Å². The Bertz CT molecular complexity index is 267. The molecule has 1 atom stereocenters. The van der Waals surface area contributed by atoms with Crippen molar-refractivity contribution >= 4 is 0 Å². The highest BCUT2D eigenvalue weighted by atomic mass is 16.5. The molecule has 1 rings (SSSR count). The normalized spacial score (nSPS) is 19.5. The van der Waals surface area contributed by atoms with Gasteiger partial charge >= 0.3 is 0 Å². The first kappa shape index (κ1) is 16.4. The van der Waals surface area contributed by atoms with E-state index in [2.05, 4.69) is 36.6 Å². The fraction of sp³-hybridized carbons (Fsp3) is 0.933. The van der Waals surface area contributed by atoms with Gasteiger partial charge in [0.05, 0.1) is 18.7 Å². The van der Waals surface area contributed by atoms with Crippen molar-refractivity contribution in [2.75, 3.05) is 45.9 Å². The highest BCUT2D eigenvalue weighted by Crippen LogP contribution is 2.08. The molecule has 1 heterocycles. The van der Waals surface area contributed by atoms with E-state index in [9.17, 15) is 0 Å². The van der Waals surface area contributed by atoms with E-state index in [4.69, 9.17) is 10.00 Å². The number of hydrogen-bond donors (Lipinski definition) is 0. The van der Waals surface area contributed by atoms with Crippen molar-refractivity contribution in [3.8, 4) is 6.07 Å². The first-order chi connectivity index (χ1) is 9.17. The molecule has 19 heavy (non-hydrogen) atoms. The highest BCUT2D eigenvalue weighted by molar-refractivity contribution is 4.92. The molecule has 0 radical (unpaired) electrons. The van der Waals surface area contributed by atoms with Gasteiger partial charge in [0, 0.05) is 39.3 Å². The third-order valence-corrected chi connectivity index (χ3v) is 3.77. The maximum atomic E-state index is 9.06. The van der Waals surface area contributed by atoms with E-state index in [1.54, 1.807) is 0 Å². The van der Waals surface area contributed by atoms with E-state index in [-0.39, 0.29) is 6.04 Å². The van der Waals surface area contributed by atoms with E-state index >= 15 is 0 Å². The van der Waals surface area contributed by atoms with Crippen LogP contribution >= 0.6 is 0 Å². The molecule has 0 aromatic rings. The van der Waals surface area contributed by atoms with Gasteiger partial charge in [-0.1, -0.05) is 20.8 Å². The zero-order valence-electron chi connectivity index (χ0n) is 12.8. The van der Waals surface area contributed by atoms with Gasteiger partial charge in [0.25, 0.3) is 0 Å². The molecule has 0 saturated carbocycles. The quantitative estimate of drug-likeness (QED) is 0.630. The molecule has 0 aliphatic carbocycles. The minimum Gasteiger partial charge on any atom is -0.380 e. The predicted molar refractivity (Wildman–Crippen MR) is 78.0 cm³/mol. The molecule has 0 amide bonds. The number of hydrogen-bond acceptors (Lipinski definition) is 4. The third kappa shape index (κ3) is 6.38. The van der Waals surface area contributed by atoms with Crippen molar-refractivity contribution in [1.82, 2.24) is 9.80 Å². The van der Waals surface area contributed by atoms with Gasteiger partial charge in [-0.05, 0) is 18.8 Å². The van der Waals surface area contributed by atoms with Crippen LogP contribution in [0.2, 0.25) is 0 Å². The molecular formula is C15H29N3O. The van der Waals surface area contributed by atoms with Crippen molar-refractivity contribution in [3.63, 3.8) is 0 Å². The minimum absolute atomic E-state index is 0.101. The molecule has 1 fully saturated rings. The Labute approximate surface area is 118 Å². The average molecular weight is 267 g/mol. The summed E-state index contributed by atoms with van der Waals surface area (Å²) in [5.41, 5.74) is 0. The molecule has 0 bridgehead atoms. The van der Waals surface area contributed by atoms with Crippen molar-refractivity contribution in [3.05, 3.63) is 0 Å². The maximum absolute atomic E-state index is 9.06. The second kappa shape index (κ2) is 9.30. The van der Waals surface area contributed by atoms with Gasteiger partial charge < -0.3 is 4.74 Å². The van der Waals surface area contributed by atoms with E-state index < -0.39 is 0 Å². The van der Waals surface area contributed by atoms with Crippen molar-refractivity contribution in [1.29, 1.82) is 5.26 Å². The zero-order chi connectivity index (χ0) is 14.1. The smallest absolute Gasteiger partial charge is 0.0976 e. The van der Waals surface area contributed by atoms with Crippen LogP contribution in [0.15, 0.2) is 0 Å². The lowest BCUT2D eigenvalue weighted by Crippen LogP contribution is -2.50. The van der Waals surface area contributed by atoms with E-state index in [1.807, 2.05) is 0 Å². The largest absolute Gasteiger partial charge is 0.380 e. The topological polar surface area (TPSA) is 39.5 Å². The summed E-state index contributed by atoms with van der Waals surface area (Å²) in [6.45, 7) is 13.4. The molecule has 4 nitrogen and oxygen atoms in total. The van der Waals surface area contributed by atoms with Crippen LogP contribution in [0.3, 0.4) is 0 Å². The summed E-state index contributed by atoms with van der Waals surface area (Å²) < 4.78 is 5.66. The molecule has 1 aliphatic heterocycles. The fourth-order valence-corrected chi connectivity index (χ4v) is 2.34. The molecule has 1 saturated heterocycles. The third-order valence-electron chi connectivity index (χ3n) is 3.77. The van der Waals surface area contributed by atoms with E-state index in [0.717, 1.165) is 64.7 Å². The first-order valence-corrected chi connectivity index (χ1v) is 7.61. The Kier molecular flexibility index (Phi) is 8.04. The van der Waals surface area contributed by atoms with Crippen molar-refractivity contribution in [2.24, 2.45) is 5.92 Å². The maximum Gasteiger partial charge on any atom is 0.0976 e. The predicted octanol–water partition coefficient (Wildman–Crippen LogP) is 1.97. The van der Waals surface area contributed by atoms with Crippen LogP contribution in [0.5, 0.6) is 0 Å². The Morgan fingerprint density at radius 3 is 2.37 bits per heavy atom. The second-order valence-corrected chi connectivity index (χ2v) is 5.73. The highest BCUT2D eigenvalue weighted by Gasteiger charge is 2.21. The number of nitriles is 1. The Morgan fingerprint density at radius 1 is 1.16 bits per heavy atom. The van der Waals surface area contributed by atoms with Crippen LogP contribution in [0.4, 0.5) is 0 Å². The number of piperazine rings is 1. The van der Waals surface area contributed by atoms with Crippen LogP contribution in [0, 0.1) is 17.2 Å². The molecule has 1 unspecified atom stereocenters. The Balaban J connectivity index is 2.08. The monoisotopic (exact) mass is 267 g/mol. The molecule has 1 aliphatic rings. The summed E-state index contributed by atoms with van der Waals surface area (Å²) in [4.78, 5) is 4.74. The van der Waals surface area contributed by atoms with Gasteiger partial charge in [-0.15, -0.1) is 0 Å². The van der Waals surface area contributed by atoms with Gasteiger partial charge in [0.15, 0.2) is 0 Å². The average Bonchev–Trinajstić information content (AvgIpc) is 2.41. The Hall–Kier alpha value is -0.630. The summed E-state index contributed by atoms with van der Waals surface area (Å²) in [5, 5.41) is 9.06. The van der Waals surface area contributed by atoms with Crippen LogP contribution in [-0.4, -0.2) is 61.8 Å². The van der Waals surface area contributed by atoms with Gasteiger partial charge in [-0.3, -0.25) is 9.80 Å². The summed E-state index contributed by atoms with van der Waals surface area (Å²) in [6.07, 6.45) is 2.07. The molecule has 110 valence electrons. The number of ether oxygens (including phenoxy) is 1. The van der Waals surface area contributed by atoms with Crippen molar-refractivity contribution in [2.45, 2.75) is 39.7 Å². The molecule has 0 aromatic carbocycles. The second-order valence-electron chi connectivity index (χ2n) is 5.73. The molecule has 0 aromatic heterocycles. The van der Waals surface area contributed by atoms with Crippen LogP contribution in [0.25, 0.3) is 0 Å². The molecule has 4 heteroatoms. The van der Waals surface area contributed by atoms with Gasteiger partial charge in [-0.25, -0.2) is 0 Å². The summed E-state index contributed by atoms with van der Waals surface area (Å²) in [7, 11) is 0. The Morgan fingerprint density at radius 2 is 1.84 bits per heavy atom. The summed E-state index contributed by atoms with van der Waals surface area (Å²) in [6, 6.07) is 2.49.